The largest absolute Gasteiger partial charge is 0.465 e. The van der Waals surface area contributed by atoms with Crippen molar-refractivity contribution in [3.8, 4) is 0 Å². The Hall–Kier alpha value is -1.57. The van der Waals surface area contributed by atoms with Crippen LogP contribution < -0.4 is 0 Å². The standard InChI is InChI=1S/C12H14O2/c1-3-4-5-10-6-8-11(9-7-10)12(13)14-2/h4-9H,3H2,1-2H3. The number of esters is 1. The molecule has 0 N–H and O–H groups in total. The van der Waals surface area contributed by atoms with Crippen LogP contribution in [-0.4, -0.2) is 13.1 Å². The van der Waals surface area contributed by atoms with Gasteiger partial charge < -0.3 is 4.74 Å². The molecule has 0 aliphatic rings. The van der Waals surface area contributed by atoms with E-state index in [0.29, 0.717) is 5.56 Å². The number of carbonyl (C=O) groups excluding carboxylic acids is 1. The fraction of sp³-hybridized carbons (Fsp3) is 0.250. The van der Waals surface area contributed by atoms with Gasteiger partial charge in [-0.2, -0.15) is 0 Å². The lowest BCUT2D eigenvalue weighted by molar-refractivity contribution is 0.0601. The van der Waals surface area contributed by atoms with E-state index in [1.165, 1.54) is 7.11 Å². The number of carbonyl (C=O) groups is 1. The maximum absolute atomic E-state index is 11.1. The predicted octanol–water partition coefficient (Wildman–Crippen LogP) is 2.90. The van der Waals surface area contributed by atoms with Gasteiger partial charge in [0.25, 0.3) is 0 Å². The molecule has 1 rings (SSSR count). The summed E-state index contributed by atoms with van der Waals surface area (Å²) >= 11 is 0. The third kappa shape index (κ3) is 2.73. The number of hydrogen-bond acceptors (Lipinski definition) is 2. The van der Waals surface area contributed by atoms with Crippen molar-refractivity contribution < 1.29 is 9.53 Å². The maximum atomic E-state index is 11.1. The summed E-state index contributed by atoms with van der Waals surface area (Å²) in [5.74, 6) is -0.295. The van der Waals surface area contributed by atoms with E-state index >= 15 is 0 Å². The van der Waals surface area contributed by atoms with Crippen molar-refractivity contribution >= 4 is 12.0 Å². The van der Waals surface area contributed by atoms with Crippen molar-refractivity contribution in [1.29, 1.82) is 0 Å². The first-order chi connectivity index (χ1) is 6.77. The van der Waals surface area contributed by atoms with E-state index in [4.69, 9.17) is 0 Å². The van der Waals surface area contributed by atoms with Gasteiger partial charge in [-0.3, -0.25) is 0 Å². The zero-order valence-electron chi connectivity index (χ0n) is 8.49. The van der Waals surface area contributed by atoms with Crippen molar-refractivity contribution in [2.45, 2.75) is 13.3 Å². The zero-order valence-corrected chi connectivity index (χ0v) is 8.49. The van der Waals surface area contributed by atoms with Gasteiger partial charge >= 0.3 is 5.97 Å². The SMILES string of the molecule is CCC=Cc1ccc(C(=O)OC)cc1. The van der Waals surface area contributed by atoms with Crippen LogP contribution in [0.15, 0.2) is 30.3 Å². The third-order valence-electron chi connectivity index (χ3n) is 1.88. The van der Waals surface area contributed by atoms with E-state index < -0.39 is 0 Å². The quantitative estimate of drug-likeness (QED) is 0.685. The summed E-state index contributed by atoms with van der Waals surface area (Å²) < 4.78 is 4.60. The minimum Gasteiger partial charge on any atom is -0.465 e. The van der Waals surface area contributed by atoms with E-state index in [-0.39, 0.29) is 5.97 Å². The average Bonchev–Trinajstić information content (AvgIpc) is 2.26. The third-order valence-corrected chi connectivity index (χ3v) is 1.88. The Morgan fingerprint density at radius 3 is 2.50 bits per heavy atom. The number of allylic oxidation sites excluding steroid dienone is 1. The molecule has 0 atom stereocenters. The average molecular weight is 190 g/mol. The zero-order chi connectivity index (χ0) is 10.4. The molecule has 0 heterocycles. The highest BCUT2D eigenvalue weighted by atomic mass is 16.5. The molecule has 0 unspecified atom stereocenters. The van der Waals surface area contributed by atoms with Crippen LogP contribution in [0.4, 0.5) is 0 Å². The minimum absolute atomic E-state index is 0.295. The number of methoxy groups -OCH3 is 1. The van der Waals surface area contributed by atoms with Crippen LogP contribution in [0.2, 0.25) is 0 Å². The minimum atomic E-state index is -0.295. The van der Waals surface area contributed by atoms with E-state index in [1.807, 2.05) is 18.2 Å². The van der Waals surface area contributed by atoms with Gasteiger partial charge in [-0.15, -0.1) is 0 Å². The van der Waals surface area contributed by atoms with Crippen LogP contribution in [0.5, 0.6) is 0 Å². The smallest absolute Gasteiger partial charge is 0.337 e. The van der Waals surface area contributed by atoms with E-state index in [0.717, 1.165) is 12.0 Å². The highest BCUT2D eigenvalue weighted by Crippen LogP contribution is 2.07. The summed E-state index contributed by atoms with van der Waals surface area (Å²) in [5.41, 5.74) is 1.68. The summed E-state index contributed by atoms with van der Waals surface area (Å²) in [6.07, 6.45) is 5.12. The number of hydrogen-bond donors (Lipinski definition) is 0. The number of rotatable bonds is 3. The molecule has 1 aromatic rings. The number of benzene rings is 1. The molecule has 74 valence electrons. The van der Waals surface area contributed by atoms with Gasteiger partial charge in [-0.05, 0) is 24.1 Å². The number of ether oxygens (including phenoxy) is 1. The topological polar surface area (TPSA) is 26.3 Å². The van der Waals surface area contributed by atoms with Crippen LogP contribution in [0.1, 0.15) is 29.3 Å². The van der Waals surface area contributed by atoms with Crippen LogP contribution >= 0.6 is 0 Å². The highest BCUT2D eigenvalue weighted by Gasteiger charge is 2.02. The van der Waals surface area contributed by atoms with Crippen LogP contribution in [0, 0.1) is 0 Å². The molecule has 0 bridgehead atoms. The van der Waals surface area contributed by atoms with Gasteiger partial charge in [0.05, 0.1) is 12.7 Å². The summed E-state index contributed by atoms with van der Waals surface area (Å²) in [7, 11) is 1.38. The van der Waals surface area contributed by atoms with Crippen LogP contribution in [-0.2, 0) is 4.74 Å². The van der Waals surface area contributed by atoms with Crippen LogP contribution in [0.3, 0.4) is 0 Å². The second kappa shape index (κ2) is 5.22. The van der Waals surface area contributed by atoms with Crippen LogP contribution in [0.25, 0.3) is 6.08 Å². The molecule has 0 aliphatic carbocycles. The molecule has 14 heavy (non-hydrogen) atoms. The van der Waals surface area contributed by atoms with Gasteiger partial charge in [0.1, 0.15) is 0 Å². The lowest BCUT2D eigenvalue weighted by Gasteiger charge is -1.98. The van der Waals surface area contributed by atoms with Crippen molar-refractivity contribution in [2.75, 3.05) is 7.11 Å². The Balaban J connectivity index is 2.78. The maximum Gasteiger partial charge on any atom is 0.337 e. The molecular weight excluding hydrogens is 176 g/mol. The van der Waals surface area contributed by atoms with Crippen molar-refractivity contribution in [3.05, 3.63) is 41.5 Å². The molecule has 0 saturated carbocycles. The fourth-order valence-electron chi connectivity index (χ4n) is 1.10. The molecule has 0 aromatic heterocycles. The van der Waals surface area contributed by atoms with E-state index in [1.54, 1.807) is 12.1 Å². The van der Waals surface area contributed by atoms with Crippen molar-refractivity contribution in [1.82, 2.24) is 0 Å². The molecule has 0 fully saturated rings. The normalized spacial score (nSPS) is 10.4. The summed E-state index contributed by atoms with van der Waals surface area (Å²) in [5, 5.41) is 0. The second-order valence-electron chi connectivity index (χ2n) is 2.92. The van der Waals surface area contributed by atoms with Gasteiger partial charge in [0.2, 0.25) is 0 Å². The van der Waals surface area contributed by atoms with Crippen molar-refractivity contribution in [2.24, 2.45) is 0 Å². The van der Waals surface area contributed by atoms with Gasteiger partial charge in [0, 0.05) is 0 Å². The molecule has 0 radical (unpaired) electrons. The predicted molar refractivity (Wildman–Crippen MR) is 57.1 cm³/mol. The highest BCUT2D eigenvalue weighted by molar-refractivity contribution is 5.89. The van der Waals surface area contributed by atoms with Gasteiger partial charge in [-0.25, -0.2) is 4.79 Å². The summed E-state index contributed by atoms with van der Waals surface area (Å²) in [6.45, 7) is 2.08. The fourth-order valence-corrected chi connectivity index (χ4v) is 1.10. The molecule has 0 spiro atoms. The molecule has 0 amide bonds. The Morgan fingerprint density at radius 1 is 1.36 bits per heavy atom. The van der Waals surface area contributed by atoms with E-state index in [2.05, 4.69) is 17.7 Å². The first-order valence-corrected chi connectivity index (χ1v) is 4.63. The monoisotopic (exact) mass is 190 g/mol. The Bertz CT molecular complexity index is 323. The Kier molecular flexibility index (Phi) is 3.92. The summed E-state index contributed by atoms with van der Waals surface area (Å²) in [6, 6.07) is 7.33. The Labute approximate surface area is 84.2 Å². The lowest BCUT2D eigenvalue weighted by atomic mass is 10.1. The molecule has 0 saturated heterocycles. The van der Waals surface area contributed by atoms with E-state index in [9.17, 15) is 4.79 Å². The van der Waals surface area contributed by atoms with Gasteiger partial charge in [0.15, 0.2) is 0 Å². The summed E-state index contributed by atoms with van der Waals surface area (Å²) in [4.78, 5) is 11.1. The molecular formula is C12H14O2. The molecule has 2 heteroatoms. The first-order valence-electron chi connectivity index (χ1n) is 4.63. The molecule has 2 nitrogen and oxygen atoms in total. The molecule has 0 aliphatic heterocycles. The lowest BCUT2D eigenvalue weighted by Crippen LogP contribution is -2.00. The Morgan fingerprint density at radius 2 is 2.00 bits per heavy atom. The first kappa shape index (κ1) is 10.5. The van der Waals surface area contributed by atoms with Gasteiger partial charge in [-0.1, -0.05) is 31.2 Å². The van der Waals surface area contributed by atoms with Crippen molar-refractivity contribution in [3.63, 3.8) is 0 Å². The second-order valence-corrected chi connectivity index (χ2v) is 2.92. The molecule has 1 aromatic carbocycles.